The van der Waals surface area contributed by atoms with E-state index >= 15 is 0 Å². The molecule has 2 aromatic rings. The molecule has 0 saturated heterocycles. The standard InChI is InChI=1S/C14H14N2O4/c1-18-14-11(15-5-6-16-14)12(17)9-3-2-4-10-13(9)20-8-7-19-10/h2-6,12,17H,7-8H2,1H3. The quantitative estimate of drug-likeness (QED) is 0.910. The number of fused-ring (bicyclic) bond motifs is 1. The van der Waals surface area contributed by atoms with Crippen molar-refractivity contribution < 1.29 is 19.3 Å². The Labute approximate surface area is 116 Å². The Morgan fingerprint density at radius 2 is 2.00 bits per heavy atom. The van der Waals surface area contributed by atoms with E-state index in [1.807, 2.05) is 0 Å². The van der Waals surface area contributed by atoms with Crippen molar-refractivity contribution in [3.63, 3.8) is 0 Å². The molecule has 0 spiro atoms. The molecule has 0 bridgehead atoms. The number of rotatable bonds is 3. The molecule has 1 N–H and O–H groups in total. The van der Waals surface area contributed by atoms with Gasteiger partial charge in [-0.3, -0.25) is 4.98 Å². The topological polar surface area (TPSA) is 73.7 Å². The van der Waals surface area contributed by atoms with Crippen molar-refractivity contribution in [2.24, 2.45) is 0 Å². The average Bonchev–Trinajstić information content (AvgIpc) is 2.53. The van der Waals surface area contributed by atoms with Crippen LogP contribution in [0.3, 0.4) is 0 Å². The van der Waals surface area contributed by atoms with E-state index in [2.05, 4.69) is 9.97 Å². The number of hydrogen-bond acceptors (Lipinski definition) is 6. The highest BCUT2D eigenvalue weighted by atomic mass is 16.6. The van der Waals surface area contributed by atoms with Crippen LogP contribution in [-0.2, 0) is 0 Å². The molecule has 1 aromatic carbocycles. The molecule has 1 aromatic heterocycles. The molecule has 2 heterocycles. The van der Waals surface area contributed by atoms with Crippen LogP contribution in [0.25, 0.3) is 0 Å². The van der Waals surface area contributed by atoms with Crippen molar-refractivity contribution in [1.29, 1.82) is 0 Å². The Morgan fingerprint density at radius 1 is 1.20 bits per heavy atom. The van der Waals surface area contributed by atoms with Crippen molar-refractivity contribution in [2.75, 3.05) is 20.3 Å². The van der Waals surface area contributed by atoms with E-state index in [4.69, 9.17) is 14.2 Å². The molecule has 3 rings (SSSR count). The second-order valence-electron chi connectivity index (χ2n) is 4.22. The minimum atomic E-state index is -0.990. The largest absolute Gasteiger partial charge is 0.486 e. The minimum Gasteiger partial charge on any atom is -0.486 e. The highest BCUT2D eigenvalue weighted by molar-refractivity contribution is 5.50. The van der Waals surface area contributed by atoms with Gasteiger partial charge in [-0.05, 0) is 6.07 Å². The number of nitrogens with zero attached hydrogens (tertiary/aromatic N) is 2. The molecular weight excluding hydrogens is 260 g/mol. The van der Waals surface area contributed by atoms with Gasteiger partial charge in [0.2, 0.25) is 5.88 Å². The first-order valence-electron chi connectivity index (χ1n) is 6.22. The first kappa shape index (κ1) is 12.7. The second-order valence-corrected chi connectivity index (χ2v) is 4.22. The number of aromatic nitrogens is 2. The maximum Gasteiger partial charge on any atom is 0.238 e. The van der Waals surface area contributed by atoms with Gasteiger partial charge in [-0.15, -0.1) is 0 Å². The maximum absolute atomic E-state index is 10.5. The number of aliphatic hydroxyl groups is 1. The summed E-state index contributed by atoms with van der Waals surface area (Å²) in [6.07, 6.45) is 2.03. The highest BCUT2D eigenvalue weighted by Gasteiger charge is 2.25. The van der Waals surface area contributed by atoms with E-state index in [-0.39, 0.29) is 5.88 Å². The van der Waals surface area contributed by atoms with Gasteiger partial charge in [0.05, 0.1) is 7.11 Å². The summed E-state index contributed by atoms with van der Waals surface area (Å²) >= 11 is 0. The smallest absolute Gasteiger partial charge is 0.238 e. The molecule has 20 heavy (non-hydrogen) atoms. The van der Waals surface area contributed by atoms with Crippen LogP contribution >= 0.6 is 0 Å². The number of ether oxygens (including phenoxy) is 3. The van der Waals surface area contributed by atoms with Gasteiger partial charge in [-0.1, -0.05) is 12.1 Å². The van der Waals surface area contributed by atoms with E-state index in [9.17, 15) is 5.11 Å². The highest BCUT2D eigenvalue weighted by Crippen LogP contribution is 2.39. The summed E-state index contributed by atoms with van der Waals surface area (Å²) in [5, 5.41) is 10.5. The lowest BCUT2D eigenvalue weighted by Crippen LogP contribution is -2.18. The van der Waals surface area contributed by atoms with E-state index in [0.29, 0.717) is 36.0 Å². The van der Waals surface area contributed by atoms with Crippen LogP contribution in [0.5, 0.6) is 17.4 Å². The van der Waals surface area contributed by atoms with Crippen molar-refractivity contribution in [3.05, 3.63) is 41.9 Å². The number of benzene rings is 1. The zero-order valence-electron chi connectivity index (χ0n) is 10.9. The summed E-state index contributed by atoms with van der Waals surface area (Å²) < 4.78 is 16.2. The van der Waals surface area contributed by atoms with Gasteiger partial charge in [0.25, 0.3) is 0 Å². The van der Waals surface area contributed by atoms with Crippen molar-refractivity contribution >= 4 is 0 Å². The Hall–Kier alpha value is -2.34. The molecular formula is C14H14N2O4. The predicted octanol–water partition coefficient (Wildman–Crippen LogP) is 1.34. The summed E-state index contributed by atoms with van der Waals surface area (Å²) in [7, 11) is 1.49. The van der Waals surface area contributed by atoms with E-state index < -0.39 is 6.10 Å². The van der Waals surface area contributed by atoms with Gasteiger partial charge < -0.3 is 19.3 Å². The Bertz CT molecular complexity index is 618. The third-order valence-electron chi connectivity index (χ3n) is 3.03. The predicted molar refractivity (Wildman–Crippen MR) is 70.1 cm³/mol. The number of para-hydroxylation sites is 1. The number of aliphatic hydroxyl groups excluding tert-OH is 1. The van der Waals surface area contributed by atoms with Crippen LogP contribution < -0.4 is 14.2 Å². The summed E-state index contributed by atoms with van der Waals surface area (Å²) in [5.41, 5.74) is 0.929. The van der Waals surface area contributed by atoms with E-state index in [1.165, 1.54) is 19.5 Å². The number of methoxy groups -OCH3 is 1. The summed E-state index contributed by atoms with van der Waals surface area (Å²) in [6.45, 7) is 0.954. The van der Waals surface area contributed by atoms with Crippen LogP contribution in [-0.4, -0.2) is 35.4 Å². The zero-order chi connectivity index (χ0) is 13.9. The normalized spacial score (nSPS) is 14.7. The van der Waals surface area contributed by atoms with Crippen LogP contribution in [0, 0.1) is 0 Å². The van der Waals surface area contributed by atoms with Gasteiger partial charge in [0, 0.05) is 18.0 Å². The molecule has 1 unspecified atom stereocenters. The second kappa shape index (κ2) is 5.34. The van der Waals surface area contributed by atoms with Crippen LogP contribution in [0.15, 0.2) is 30.6 Å². The lowest BCUT2D eigenvalue weighted by atomic mass is 10.0. The lowest BCUT2D eigenvalue weighted by molar-refractivity contribution is 0.156. The van der Waals surface area contributed by atoms with Crippen molar-refractivity contribution in [2.45, 2.75) is 6.10 Å². The molecule has 1 aliphatic heterocycles. The third kappa shape index (κ3) is 2.14. The molecule has 0 amide bonds. The van der Waals surface area contributed by atoms with Gasteiger partial charge in [-0.25, -0.2) is 4.98 Å². The van der Waals surface area contributed by atoms with Gasteiger partial charge >= 0.3 is 0 Å². The van der Waals surface area contributed by atoms with Gasteiger partial charge in [-0.2, -0.15) is 0 Å². The minimum absolute atomic E-state index is 0.286. The third-order valence-corrected chi connectivity index (χ3v) is 3.03. The molecule has 0 saturated carbocycles. The molecule has 0 fully saturated rings. The first-order chi connectivity index (χ1) is 9.81. The van der Waals surface area contributed by atoms with Crippen molar-refractivity contribution in [1.82, 2.24) is 9.97 Å². The van der Waals surface area contributed by atoms with Crippen LogP contribution in [0.1, 0.15) is 17.4 Å². The fourth-order valence-electron chi connectivity index (χ4n) is 2.14. The number of hydrogen-bond donors (Lipinski definition) is 1. The van der Waals surface area contributed by atoms with Crippen LogP contribution in [0.2, 0.25) is 0 Å². The average molecular weight is 274 g/mol. The summed E-state index contributed by atoms with van der Waals surface area (Å²) in [5.74, 6) is 1.45. The molecule has 6 heteroatoms. The molecule has 1 aliphatic rings. The fraction of sp³-hybridized carbons (Fsp3) is 0.286. The Morgan fingerprint density at radius 3 is 2.85 bits per heavy atom. The Kier molecular flexibility index (Phi) is 3.39. The maximum atomic E-state index is 10.5. The van der Waals surface area contributed by atoms with E-state index in [0.717, 1.165) is 0 Å². The first-order valence-corrected chi connectivity index (χ1v) is 6.22. The van der Waals surface area contributed by atoms with E-state index in [1.54, 1.807) is 18.2 Å². The SMILES string of the molecule is COc1nccnc1C(O)c1cccc2c1OCCO2. The molecule has 0 aliphatic carbocycles. The lowest BCUT2D eigenvalue weighted by Gasteiger charge is -2.23. The molecule has 104 valence electrons. The Balaban J connectivity index is 2.04. The van der Waals surface area contributed by atoms with Crippen LogP contribution in [0.4, 0.5) is 0 Å². The van der Waals surface area contributed by atoms with Crippen molar-refractivity contribution in [3.8, 4) is 17.4 Å². The summed E-state index contributed by atoms with van der Waals surface area (Å²) in [4.78, 5) is 8.18. The van der Waals surface area contributed by atoms with Gasteiger partial charge in [0.1, 0.15) is 25.0 Å². The monoisotopic (exact) mass is 274 g/mol. The molecule has 0 radical (unpaired) electrons. The fourth-order valence-corrected chi connectivity index (χ4v) is 2.14. The summed E-state index contributed by atoms with van der Waals surface area (Å²) in [6, 6.07) is 5.37. The zero-order valence-corrected chi connectivity index (χ0v) is 10.9. The molecule has 6 nitrogen and oxygen atoms in total. The molecule has 1 atom stereocenters. The van der Waals surface area contributed by atoms with Gasteiger partial charge in [0.15, 0.2) is 11.5 Å².